The van der Waals surface area contributed by atoms with Crippen molar-refractivity contribution >= 4 is 5.69 Å². The van der Waals surface area contributed by atoms with Gasteiger partial charge in [-0.15, -0.1) is 0 Å². The molecule has 2 aromatic rings. The highest BCUT2D eigenvalue weighted by molar-refractivity contribution is 5.47. The van der Waals surface area contributed by atoms with Crippen LogP contribution in [0.15, 0.2) is 30.9 Å². The van der Waals surface area contributed by atoms with Gasteiger partial charge in [-0.2, -0.15) is 0 Å². The third kappa shape index (κ3) is 1.69. The van der Waals surface area contributed by atoms with Gasteiger partial charge in [0.25, 0.3) is 0 Å². The van der Waals surface area contributed by atoms with E-state index in [-0.39, 0.29) is 6.04 Å². The first-order chi connectivity index (χ1) is 7.20. The van der Waals surface area contributed by atoms with E-state index in [4.69, 9.17) is 11.5 Å². The van der Waals surface area contributed by atoms with Crippen molar-refractivity contribution in [1.29, 1.82) is 0 Å². The molecule has 4 N–H and O–H groups in total. The molecule has 2 rings (SSSR count). The highest BCUT2D eigenvalue weighted by Crippen LogP contribution is 2.21. The Kier molecular flexibility index (Phi) is 2.39. The number of hydrogen-bond donors (Lipinski definition) is 2. The Morgan fingerprint density at radius 1 is 1.40 bits per heavy atom. The van der Waals surface area contributed by atoms with Crippen LogP contribution in [0.25, 0.3) is 0 Å². The summed E-state index contributed by atoms with van der Waals surface area (Å²) in [6.45, 7) is 0. The molecular weight excluding hydrogens is 190 g/mol. The minimum Gasteiger partial charge on any atom is -0.398 e. The van der Waals surface area contributed by atoms with Gasteiger partial charge in [0, 0.05) is 43.1 Å². The molecule has 0 aromatic carbocycles. The maximum absolute atomic E-state index is 6.06. The number of hydrogen-bond acceptors (Lipinski definition) is 4. The van der Waals surface area contributed by atoms with Crippen molar-refractivity contribution in [3.8, 4) is 0 Å². The normalized spacial score (nSPS) is 12.7. The summed E-state index contributed by atoms with van der Waals surface area (Å²) in [7, 11) is 1.90. The van der Waals surface area contributed by atoms with Crippen LogP contribution in [0.4, 0.5) is 5.69 Å². The van der Waals surface area contributed by atoms with Gasteiger partial charge in [0.1, 0.15) is 5.82 Å². The highest BCUT2D eigenvalue weighted by atomic mass is 15.1. The van der Waals surface area contributed by atoms with Crippen molar-refractivity contribution in [2.24, 2.45) is 12.8 Å². The first-order valence-electron chi connectivity index (χ1n) is 4.62. The summed E-state index contributed by atoms with van der Waals surface area (Å²) in [5.41, 5.74) is 13.3. The van der Waals surface area contributed by atoms with Crippen molar-refractivity contribution in [2.45, 2.75) is 6.04 Å². The van der Waals surface area contributed by atoms with Gasteiger partial charge in [-0.3, -0.25) is 4.98 Å². The Morgan fingerprint density at radius 2 is 2.20 bits per heavy atom. The van der Waals surface area contributed by atoms with Crippen LogP contribution in [-0.2, 0) is 7.05 Å². The summed E-state index contributed by atoms with van der Waals surface area (Å²) in [5.74, 6) is 0.773. The van der Waals surface area contributed by atoms with E-state index in [9.17, 15) is 0 Å². The van der Waals surface area contributed by atoms with Gasteiger partial charge < -0.3 is 16.0 Å². The topological polar surface area (TPSA) is 82.8 Å². The zero-order chi connectivity index (χ0) is 10.8. The largest absolute Gasteiger partial charge is 0.398 e. The van der Waals surface area contributed by atoms with E-state index >= 15 is 0 Å². The number of rotatable bonds is 2. The summed E-state index contributed by atoms with van der Waals surface area (Å²) >= 11 is 0. The average Bonchev–Trinajstić information content (AvgIpc) is 2.64. The van der Waals surface area contributed by atoms with Crippen LogP contribution in [0.5, 0.6) is 0 Å². The number of aryl methyl sites for hydroxylation is 1. The molecule has 1 unspecified atom stereocenters. The molecule has 1 atom stereocenters. The van der Waals surface area contributed by atoms with Crippen LogP contribution >= 0.6 is 0 Å². The maximum Gasteiger partial charge on any atom is 0.130 e. The van der Waals surface area contributed by atoms with E-state index < -0.39 is 0 Å². The van der Waals surface area contributed by atoms with Crippen LogP contribution < -0.4 is 11.5 Å². The Hall–Kier alpha value is -1.88. The predicted octanol–water partition coefficient (Wildman–Crippen LogP) is 0.445. The third-order valence-corrected chi connectivity index (χ3v) is 2.36. The van der Waals surface area contributed by atoms with Gasteiger partial charge in [0.2, 0.25) is 0 Å². The molecule has 0 aliphatic heterocycles. The van der Waals surface area contributed by atoms with Crippen LogP contribution in [0, 0.1) is 0 Å². The van der Waals surface area contributed by atoms with Crippen LogP contribution in [-0.4, -0.2) is 14.5 Å². The van der Waals surface area contributed by atoms with E-state index in [0.29, 0.717) is 5.69 Å². The van der Waals surface area contributed by atoms with Gasteiger partial charge in [-0.05, 0) is 6.07 Å². The second kappa shape index (κ2) is 3.70. The molecule has 0 aliphatic rings. The van der Waals surface area contributed by atoms with Crippen molar-refractivity contribution in [3.05, 3.63) is 42.2 Å². The second-order valence-electron chi connectivity index (χ2n) is 3.38. The monoisotopic (exact) mass is 203 g/mol. The van der Waals surface area contributed by atoms with E-state index in [0.717, 1.165) is 11.4 Å². The lowest BCUT2D eigenvalue weighted by Gasteiger charge is -2.13. The van der Waals surface area contributed by atoms with E-state index in [1.165, 1.54) is 0 Å². The number of aromatic nitrogens is 3. The smallest absolute Gasteiger partial charge is 0.130 e. The minimum atomic E-state index is -0.335. The zero-order valence-electron chi connectivity index (χ0n) is 8.46. The van der Waals surface area contributed by atoms with Gasteiger partial charge in [-0.1, -0.05) is 0 Å². The highest BCUT2D eigenvalue weighted by Gasteiger charge is 2.15. The first-order valence-corrected chi connectivity index (χ1v) is 4.62. The lowest BCUT2D eigenvalue weighted by molar-refractivity contribution is 0.716. The van der Waals surface area contributed by atoms with Gasteiger partial charge >= 0.3 is 0 Å². The second-order valence-corrected chi connectivity index (χ2v) is 3.38. The van der Waals surface area contributed by atoms with Gasteiger partial charge in [0.15, 0.2) is 0 Å². The number of nitrogen functional groups attached to an aromatic ring is 1. The predicted molar refractivity (Wildman–Crippen MR) is 57.9 cm³/mol. The van der Waals surface area contributed by atoms with E-state index in [2.05, 4.69) is 9.97 Å². The molecule has 78 valence electrons. The minimum absolute atomic E-state index is 0.335. The SMILES string of the molecule is Cn1ccnc1C(N)c1cnccc1N. The summed E-state index contributed by atoms with van der Waals surface area (Å²) in [4.78, 5) is 8.20. The molecule has 5 nitrogen and oxygen atoms in total. The van der Waals surface area contributed by atoms with Crippen molar-refractivity contribution in [3.63, 3.8) is 0 Å². The standard InChI is InChI=1S/C10H13N5/c1-15-5-4-14-10(15)9(12)7-6-13-3-2-8(7)11/h2-6,9H,12H2,1H3,(H2,11,13). The average molecular weight is 203 g/mol. The zero-order valence-corrected chi connectivity index (χ0v) is 8.46. The molecule has 0 saturated heterocycles. The molecule has 0 aliphatic carbocycles. The van der Waals surface area contributed by atoms with E-state index in [1.54, 1.807) is 24.7 Å². The fraction of sp³-hybridized carbons (Fsp3) is 0.200. The van der Waals surface area contributed by atoms with Crippen molar-refractivity contribution in [1.82, 2.24) is 14.5 Å². The van der Waals surface area contributed by atoms with Gasteiger partial charge in [-0.25, -0.2) is 4.98 Å². The lowest BCUT2D eigenvalue weighted by atomic mass is 10.1. The third-order valence-electron chi connectivity index (χ3n) is 2.36. The number of nitrogens with two attached hydrogens (primary N) is 2. The van der Waals surface area contributed by atoms with Crippen molar-refractivity contribution < 1.29 is 0 Å². The fourth-order valence-electron chi connectivity index (χ4n) is 1.49. The van der Waals surface area contributed by atoms with Crippen LogP contribution in [0.1, 0.15) is 17.4 Å². The summed E-state index contributed by atoms with van der Waals surface area (Å²) < 4.78 is 1.87. The quantitative estimate of drug-likeness (QED) is 0.742. The summed E-state index contributed by atoms with van der Waals surface area (Å²) in [6, 6.07) is 1.40. The Bertz CT molecular complexity index is 462. The summed E-state index contributed by atoms with van der Waals surface area (Å²) in [5, 5.41) is 0. The van der Waals surface area contributed by atoms with Gasteiger partial charge in [0.05, 0.1) is 6.04 Å². The number of anilines is 1. The maximum atomic E-state index is 6.06. The molecule has 0 saturated carbocycles. The number of imidazole rings is 1. The molecule has 2 aromatic heterocycles. The molecule has 0 bridgehead atoms. The van der Waals surface area contributed by atoms with Crippen LogP contribution in [0.3, 0.4) is 0 Å². The van der Waals surface area contributed by atoms with E-state index in [1.807, 2.05) is 17.8 Å². The Balaban J connectivity index is 2.41. The molecule has 0 spiro atoms. The molecule has 2 heterocycles. The number of nitrogens with zero attached hydrogens (tertiary/aromatic N) is 3. The Labute approximate surface area is 87.8 Å². The molecular formula is C10H13N5. The first kappa shape index (κ1) is 9.67. The Morgan fingerprint density at radius 3 is 2.80 bits per heavy atom. The molecule has 0 radical (unpaired) electrons. The van der Waals surface area contributed by atoms with Crippen LogP contribution in [0.2, 0.25) is 0 Å². The fourth-order valence-corrected chi connectivity index (χ4v) is 1.49. The summed E-state index contributed by atoms with van der Waals surface area (Å²) in [6.07, 6.45) is 6.88. The lowest BCUT2D eigenvalue weighted by Crippen LogP contribution is -2.18. The molecule has 0 fully saturated rings. The van der Waals surface area contributed by atoms with Crippen molar-refractivity contribution in [2.75, 3.05) is 5.73 Å². The molecule has 5 heteroatoms. The number of pyridine rings is 1. The molecule has 0 amide bonds. The molecule has 15 heavy (non-hydrogen) atoms.